The lowest BCUT2D eigenvalue weighted by molar-refractivity contribution is -0.120. The van der Waals surface area contributed by atoms with Crippen LogP contribution >= 0.6 is 0 Å². The summed E-state index contributed by atoms with van der Waals surface area (Å²) in [4.78, 5) is 23.8. The Morgan fingerprint density at radius 1 is 0.769 bits per heavy atom. The van der Waals surface area contributed by atoms with Gasteiger partial charge in [-0.2, -0.15) is 0 Å². The highest BCUT2D eigenvalue weighted by Gasteiger charge is 2.06. The van der Waals surface area contributed by atoms with Gasteiger partial charge in [-0.05, 0) is 34.9 Å². The third-order valence-corrected chi connectivity index (χ3v) is 4.00. The van der Waals surface area contributed by atoms with E-state index >= 15 is 0 Å². The lowest BCUT2D eigenvalue weighted by Crippen LogP contribution is -2.39. The zero-order valence-corrected chi connectivity index (χ0v) is 14.4. The molecule has 0 radical (unpaired) electrons. The minimum absolute atomic E-state index is 0.0613. The minimum Gasteiger partial charge on any atom is -0.354 e. The molecular weight excluding hydrogens is 326 g/mol. The van der Waals surface area contributed by atoms with Gasteiger partial charge in [-0.15, -0.1) is 0 Å². The number of hydrogen-bond acceptors (Lipinski definition) is 2. The second-order valence-electron chi connectivity index (χ2n) is 5.96. The van der Waals surface area contributed by atoms with Crippen LogP contribution in [0, 0.1) is 0 Å². The Balaban J connectivity index is 1.40. The van der Waals surface area contributed by atoms with Gasteiger partial charge in [0.2, 0.25) is 5.91 Å². The predicted molar refractivity (Wildman–Crippen MR) is 104 cm³/mol. The van der Waals surface area contributed by atoms with Crippen LogP contribution in [0.5, 0.6) is 0 Å². The van der Waals surface area contributed by atoms with E-state index in [-0.39, 0.29) is 12.5 Å². The number of rotatable bonds is 6. The Hall–Kier alpha value is -3.34. The Labute approximate surface area is 152 Å². The number of nitrogens with one attached hydrogen (secondary N) is 3. The smallest absolute Gasteiger partial charge is 0.319 e. The van der Waals surface area contributed by atoms with E-state index in [9.17, 15) is 9.59 Å². The third kappa shape index (κ3) is 5.08. The Kier molecular flexibility index (Phi) is 5.83. The van der Waals surface area contributed by atoms with Gasteiger partial charge in [0, 0.05) is 12.2 Å². The molecule has 3 aromatic carbocycles. The van der Waals surface area contributed by atoms with Crippen LogP contribution in [0.25, 0.3) is 10.8 Å². The van der Waals surface area contributed by atoms with Gasteiger partial charge < -0.3 is 16.0 Å². The summed E-state index contributed by atoms with van der Waals surface area (Å²) in [6.45, 7) is 0.477. The van der Waals surface area contributed by atoms with E-state index in [1.807, 2.05) is 72.8 Å². The van der Waals surface area contributed by atoms with Crippen LogP contribution in [0.2, 0.25) is 0 Å². The lowest BCUT2D eigenvalue weighted by atomic mass is 10.1. The maximum atomic E-state index is 11.9. The minimum atomic E-state index is -0.404. The number of amides is 3. The van der Waals surface area contributed by atoms with Crippen LogP contribution in [0.15, 0.2) is 72.8 Å². The van der Waals surface area contributed by atoms with Gasteiger partial charge in [0.25, 0.3) is 0 Å². The van der Waals surface area contributed by atoms with Crippen molar-refractivity contribution < 1.29 is 9.59 Å². The van der Waals surface area contributed by atoms with Crippen LogP contribution in [-0.2, 0) is 11.2 Å². The van der Waals surface area contributed by atoms with Gasteiger partial charge in [0.15, 0.2) is 0 Å². The largest absolute Gasteiger partial charge is 0.354 e. The zero-order chi connectivity index (χ0) is 18.2. The van der Waals surface area contributed by atoms with Crippen LogP contribution in [0.3, 0.4) is 0 Å². The summed E-state index contributed by atoms with van der Waals surface area (Å²) < 4.78 is 0. The lowest BCUT2D eigenvalue weighted by Gasteiger charge is -2.09. The number of anilines is 1. The molecule has 5 nitrogen and oxygen atoms in total. The molecule has 3 rings (SSSR count). The van der Waals surface area contributed by atoms with Crippen molar-refractivity contribution in [1.82, 2.24) is 10.6 Å². The first-order valence-corrected chi connectivity index (χ1v) is 8.55. The van der Waals surface area contributed by atoms with E-state index in [0.29, 0.717) is 12.2 Å². The maximum Gasteiger partial charge on any atom is 0.319 e. The summed E-state index contributed by atoms with van der Waals surface area (Å²) in [5.74, 6) is -0.213. The number of hydrogen-bond donors (Lipinski definition) is 3. The van der Waals surface area contributed by atoms with E-state index in [4.69, 9.17) is 0 Å². The molecule has 0 bridgehead atoms. The molecule has 0 aliphatic rings. The van der Waals surface area contributed by atoms with Crippen molar-refractivity contribution in [3.8, 4) is 0 Å². The molecule has 0 aromatic heterocycles. The molecule has 0 aliphatic heterocycles. The molecule has 26 heavy (non-hydrogen) atoms. The fourth-order valence-electron chi connectivity index (χ4n) is 2.66. The zero-order valence-electron chi connectivity index (χ0n) is 14.4. The summed E-state index contributed by atoms with van der Waals surface area (Å²) in [6, 6.07) is 23.1. The molecule has 0 saturated carbocycles. The molecule has 132 valence electrons. The number of fused-ring (bicyclic) bond motifs is 1. The van der Waals surface area contributed by atoms with E-state index in [1.54, 1.807) is 0 Å². The number of carbonyl (C=O) groups excluding carboxylic acids is 2. The Morgan fingerprint density at radius 3 is 2.31 bits per heavy atom. The van der Waals surface area contributed by atoms with Gasteiger partial charge in [-0.3, -0.25) is 4.79 Å². The standard InChI is InChI=1S/C21H21N3O2/c25-20(22-13-12-16-6-2-1-3-7-16)15-23-21(26)24-19-11-10-17-8-4-5-9-18(17)14-19/h1-11,14H,12-13,15H2,(H,22,25)(H2,23,24,26). The first-order chi connectivity index (χ1) is 12.7. The summed E-state index contributed by atoms with van der Waals surface area (Å²) in [6.07, 6.45) is 0.760. The molecule has 0 atom stereocenters. The van der Waals surface area contributed by atoms with Crippen molar-refractivity contribution in [1.29, 1.82) is 0 Å². The molecule has 5 heteroatoms. The quantitative estimate of drug-likeness (QED) is 0.640. The molecule has 0 fully saturated rings. The van der Waals surface area contributed by atoms with Crippen molar-refractivity contribution in [2.75, 3.05) is 18.4 Å². The SMILES string of the molecule is O=C(CNC(=O)Nc1ccc2ccccc2c1)NCCc1ccccc1. The van der Waals surface area contributed by atoms with Crippen LogP contribution in [0.4, 0.5) is 10.5 Å². The molecular formula is C21H21N3O2. The first kappa shape index (κ1) is 17.5. The van der Waals surface area contributed by atoms with Crippen molar-refractivity contribution >= 4 is 28.4 Å². The molecule has 0 saturated heterocycles. The topological polar surface area (TPSA) is 70.2 Å². The van der Waals surface area contributed by atoms with E-state index in [1.165, 1.54) is 0 Å². The molecule has 3 N–H and O–H groups in total. The summed E-state index contributed by atoms with van der Waals surface area (Å²) >= 11 is 0. The number of benzene rings is 3. The molecule has 0 aliphatic carbocycles. The Morgan fingerprint density at radius 2 is 1.50 bits per heavy atom. The van der Waals surface area contributed by atoms with Gasteiger partial charge in [0.05, 0.1) is 6.54 Å². The average Bonchev–Trinajstić information content (AvgIpc) is 2.67. The van der Waals surface area contributed by atoms with Gasteiger partial charge in [-0.25, -0.2) is 4.79 Å². The summed E-state index contributed by atoms with van der Waals surface area (Å²) in [5.41, 5.74) is 1.85. The van der Waals surface area contributed by atoms with Crippen molar-refractivity contribution in [3.63, 3.8) is 0 Å². The highest BCUT2D eigenvalue weighted by atomic mass is 16.2. The van der Waals surface area contributed by atoms with Gasteiger partial charge in [0.1, 0.15) is 0 Å². The first-order valence-electron chi connectivity index (χ1n) is 8.55. The fourth-order valence-corrected chi connectivity index (χ4v) is 2.66. The van der Waals surface area contributed by atoms with Crippen LogP contribution < -0.4 is 16.0 Å². The summed E-state index contributed by atoms with van der Waals surface area (Å²) in [7, 11) is 0. The van der Waals surface area contributed by atoms with Gasteiger partial charge in [-0.1, -0.05) is 60.7 Å². The normalized spacial score (nSPS) is 10.3. The van der Waals surface area contributed by atoms with E-state index in [2.05, 4.69) is 16.0 Å². The van der Waals surface area contributed by atoms with Crippen molar-refractivity contribution in [2.45, 2.75) is 6.42 Å². The highest BCUT2D eigenvalue weighted by Crippen LogP contribution is 2.18. The fraction of sp³-hybridized carbons (Fsp3) is 0.143. The average molecular weight is 347 g/mol. The van der Waals surface area contributed by atoms with Crippen molar-refractivity contribution in [2.24, 2.45) is 0 Å². The third-order valence-electron chi connectivity index (χ3n) is 4.00. The molecule has 0 heterocycles. The van der Waals surface area contributed by atoms with E-state index in [0.717, 1.165) is 22.8 Å². The number of urea groups is 1. The highest BCUT2D eigenvalue weighted by molar-refractivity contribution is 5.95. The summed E-state index contributed by atoms with van der Waals surface area (Å²) in [5, 5.41) is 10.3. The second kappa shape index (κ2) is 8.67. The predicted octanol–water partition coefficient (Wildman–Crippen LogP) is 3.32. The molecule has 0 unspecified atom stereocenters. The van der Waals surface area contributed by atoms with Gasteiger partial charge >= 0.3 is 6.03 Å². The second-order valence-corrected chi connectivity index (χ2v) is 5.96. The number of carbonyl (C=O) groups is 2. The monoisotopic (exact) mass is 347 g/mol. The van der Waals surface area contributed by atoms with Crippen molar-refractivity contribution in [3.05, 3.63) is 78.4 Å². The Bertz CT molecular complexity index is 894. The van der Waals surface area contributed by atoms with Crippen LogP contribution in [0.1, 0.15) is 5.56 Å². The molecule has 3 aromatic rings. The maximum absolute atomic E-state index is 11.9. The molecule has 3 amide bonds. The van der Waals surface area contributed by atoms with E-state index < -0.39 is 6.03 Å². The van der Waals surface area contributed by atoms with Crippen LogP contribution in [-0.4, -0.2) is 25.0 Å². The molecule has 0 spiro atoms.